The molecule has 4 heterocycles. The lowest BCUT2D eigenvalue weighted by atomic mass is 9.88. The molecular formula is C15H19N5O. The number of fused-ring (bicyclic) bond motifs is 3. The van der Waals surface area contributed by atoms with Crippen LogP contribution in [0.25, 0.3) is 5.65 Å². The molecule has 21 heavy (non-hydrogen) atoms. The van der Waals surface area contributed by atoms with Crippen molar-refractivity contribution in [2.24, 2.45) is 5.92 Å². The molecule has 2 N–H and O–H groups in total. The van der Waals surface area contributed by atoms with Gasteiger partial charge in [0, 0.05) is 31.2 Å². The Morgan fingerprint density at radius 3 is 3.14 bits per heavy atom. The summed E-state index contributed by atoms with van der Waals surface area (Å²) in [6, 6.07) is 6.78. The summed E-state index contributed by atoms with van der Waals surface area (Å²) in [6.45, 7) is 0.613. The second-order valence-corrected chi connectivity index (χ2v) is 5.98. The average Bonchev–Trinajstić information content (AvgIpc) is 3.22. The first-order valence-electron chi connectivity index (χ1n) is 7.63. The zero-order valence-corrected chi connectivity index (χ0v) is 11.8. The number of carbonyl (C=O) groups excluding carboxylic acids is 1. The van der Waals surface area contributed by atoms with E-state index in [-0.39, 0.29) is 11.8 Å². The molecule has 2 aromatic rings. The zero-order valence-electron chi connectivity index (χ0n) is 11.8. The number of pyridine rings is 1. The molecule has 6 nitrogen and oxygen atoms in total. The smallest absolute Gasteiger partial charge is 0.224 e. The molecule has 2 saturated heterocycles. The van der Waals surface area contributed by atoms with E-state index in [4.69, 9.17) is 0 Å². The Morgan fingerprint density at radius 2 is 2.33 bits per heavy atom. The topological polar surface area (TPSA) is 71.3 Å². The Morgan fingerprint density at radius 1 is 1.38 bits per heavy atom. The van der Waals surface area contributed by atoms with Crippen molar-refractivity contribution in [1.29, 1.82) is 0 Å². The first-order chi connectivity index (χ1) is 10.3. The highest BCUT2D eigenvalue weighted by atomic mass is 16.1. The Bertz CT molecular complexity index is 667. The van der Waals surface area contributed by atoms with Crippen LogP contribution in [-0.2, 0) is 11.2 Å². The summed E-state index contributed by atoms with van der Waals surface area (Å²) in [5, 5.41) is 14.8. The van der Waals surface area contributed by atoms with Gasteiger partial charge < -0.3 is 10.6 Å². The van der Waals surface area contributed by atoms with Crippen LogP contribution in [0.4, 0.5) is 0 Å². The lowest BCUT2D eigenvalue weighted by molar-refractivity contribution is -0.125. The number of hydrogen-bond acceptors (Lipinski definition) is 4. The molecule has 2 bridgehead atoms. The average molecular weight is 285 g/mol. The van der Waals surface area contributed by atoms with Gasteiger partial charge in [-0.1, -0.05) is 6.07 Å². The molecule has 6 heteroatoms. The normalized spacial score (nSPS) is 27.3. The molecule has 2 aromatic heterocycles. The molecule has 2 fully saturated rings. The molecule has 2 aliphatic rings. The van der Waals surface area contributed by atoms with Crippen molar-refractivity contribution in [1.82, 2.24) is 25.2 Å². The first kappa shape index (κ1) is 12.8. The molecule has 0 saturated carbocycles. The summed E-state index contributed by atoms with van der Waals surface area (Å²) in [5.41, 5.74) is 0.844. The molecule has 3 atom stereocenters. The Labute approximate surface area is 122 Å². The molecule has 110 valence electrons. The van der Waals surface area contributed by atoms with E-state index in [1.165, 1.54) is 6.42 Å². The van der Waals surface area contributed by atoms with Gasteiger partial charge in [-0.3, -0.25) is 9.20 Å². The van der Waals surface area contributed by atoms with Crippen molar-refractivity contribution < 1.29 is 4.79 Å². The van der Waals surface area contributed by atoms with Crippen LogP contribution in [0, 0.1) is 5.92 Å². The van der Waals surface area contributed by atoms with E-state index in [9.17, 15) is 4.79 Å². The molecule has 4 rings (SSSR count). The van der Waals surface area contributed by atoms with E-state index in [2.05, 4.69) is 20.8 Å². The van der Waals surface area contributed by atoms with E-state index in [0.717, 1.165) is 24.3 Å². The van der Waals surface area contributed by atoms with E-state index in [1.807, 2.05) is 28.8 Å². The molecule has 1 amide bonds. The second-order valence-electron chi connectivity index (χ2n) is 5.98. The minimum absolute atomic E-state index is 0.152. The number of amides is 1. The van der Waals surface area contributed by atoms with Crippen LogP contribution in [0.3, 0.4) is 0 Å². The van der Waals surface area contributed by atoms with Gasteiger partial charge in [-0.15, -0.1) is 10.2 Å². The molecule has 0 aromatic carbocycles. The molecular weight excluding hydrogens is 266 g/mol. The predicted molar refractivity (Wildman–Crippen MR) is 77.8 cm³/mol. The van der Waals surface area contributed by atoms with Crippen LogP contribution in [0.1, 0.15) is 25.1 Å². The molecule has 0 spiro atoms. The molecule has 0 radical (unpaired) electrons. The highest BCUT2D eigenvalue weighted by molar-refractivity contribution is 5.80. The van der Waals surface area contributed by atoms with Crippen LogP contribution in [0.5, 0.6) is 0 Å². The van der Waals surface area contributed by atoms with Crippen molar-refractivity contribution >= 4 is 11.6 Å². The van der Waals surface area contributed by atoms with E-state index in [1.54, 1.807) is 0 Å². The number of hydrogen-bond donors (Lipinski definition) is 2. The maximum atomic E-state index is 12.2. The van der Waals surface area contributed by atoms with Gasteiger partial charge in [-0.25, -0.2) is 0 Å². The third-order valence-electron chi connectivity index (χ3n) is 4.67. The van der Waals surface area contributed by atoms with Gasteiger partial charge in [-0.05, 0) is 31.4 Å². The molecule has 3 unspecified atom stereocenters. The summed E-state index contributed by atoms with van der Waals surface area (Å²) < 4.78 is 1.96. The summed E-state index contributed by atoms with van der Waals surface area (Å²) in [5.74, 6) is 1.22. The Hall–Kier alpha value is -1.95. The van der Waals surface area contributed by atoms with Crippen LogP contribution >= 0.6 is 0 Å². The fourth-order valence-corrected chi connectivity index (χ4v) is 3.60. The minimum atomic E-state index is 0.152. The van der Waals surface area contributed by atoms with E-state index in [0.29, 0.717) is 25.0 Å². The highest BCUT2D eigenvalue weighted by Gasteiger charge is 2.42. The van der Waals surface area contributed by atoms with Gasteiger partial charge in [-0.2, -0.15) is 0 Å². The minimum Gasteiger partial charge on any atom is -0.355 e. The SMILES string of the molecule is O=C(NCCc1nnc2ccccn12)C1CC2CCC1N2. The maximum Gasteiger partial charge on any atom is 0.224 e. The molecule has 2 aliphatic heterocycles. The Kier molecular flexibility index (Phi) is 3.11. The van der Waals surface area contributed by atoms with E-state index < -0.39 is 0 Å². The largest absolute Gasteiger partial charge is 0.355 e. The third kappa shape index (κ3) is 2.29. The van der Waals surface area contributed by atoms with Crippen LogP contribution < -0.4 is 10.6 Å². The van der Waals surface area contributed by atoms with Gasteiger partial charge in [0.15, 0.2) is 5.65 Å². The van der Waals surface area contributed by atoms with Gasteiger partial charge in [0.1, 0.15) is 5.82 Å². The van der Waals surface area contributed by atoms with Crippen molar-refractivity contribution in [3.63, 3.8) is 0 Å². The maximum absolute atomic E-state index is 12.2. The number of nitrogens with one attached hydrogen (secondary N) is 2. The Balaban J connectivity index is 1.34. The fourth-order valence-electron chi connectivity index (χ4n) is 3.60. The third-order valence-corrected chi connectivity index (χ3v) is 4.67. The monoisotopic (exact) mass is 285 g/mol. The van der Waals surface area contributed by atoms with Gasteiger partial charge in [0.2, 0.25) is 5.91 Å². The van der Waals surface area contributed by atoms with Gasteiger partial charge >= 0.3 is 0 Å². The van der Waals surface area contributed by atoms with Crippen molar-refractivity contribution in [2.45, 2.75) is 37.8 Å². The quantitative estimate of drug-likeness (QED) is 0.859. The van der Waals surface area contributed by atoms with Gasteiger partial charge in [0.25, 0.3) is 0 Å². The lowest BCUT2D eigenvalue weighted by Gasteiger charge is -2.19. The first-order valence-corrected chi connectivity index (χ1v) is 7.63. The highest BCUT2D eigenvalue weighted by Crippen LogP contribution is 2.33. The van der Waals surface area contributed by atoms with Crippen LogP contribution in [0.15, 0.2) is 24.4 Å². The predicted octanol–water partition coefficient (Wildman–Crippen LogP) is 0.528. The summed E-state index contributed by atoms with van der Waals surface area (Å²) >= 11 is 0. The van der Waals surface area contributed by atoms with Crippen molar-refractivity contribution in [2.75, 3.05) is 6.54 Å². The second kappa shape index (κ2) is 5.11. The lowest BCUT2D eigenvalue weighted by Crippen LogP contribution is -2.38. The number of rotatable bonds is 4. The van der Waals surface area contributed by atoms with Gasteiger partial charge in [0.05, 0.1) is 5.92 Å². The van der Waals surface area contributed by atoms with Crippen LogP contribution in [-0.4, -0.2) is 39.1 Å². The standard InChI is InChI=1S/C15H19N5O/c21-15(11-9-10-4-5-12(11)17-10)16-7-6-14-19-18-13-3-1-2-8-20(13)14/h1-3,8,10-12,17H,4-7,9H2,(H,16,21). The number of nitrogens with zero attached hydrogens (tertiary/aromatic N) is 3. The number of carbonyl (C=O) groups is 1. The zero-order chi connectivity index (χ0) is 14.2. The van der Waals surface area contributed by atoms with Crippen LogP contribution in [0.2, 0.25) is 0 Å². The summed E-state index contributed by atoms with van der Waals surface area (Å²) in [4.78, 5) is 12.2. The fraction of sp³-hybridized carbons (Fsp3) is 0.533. The summed E-state index contributed by atoms with van der Waals surface area (Å²) in [6.07, 6.45) is 6.00. The van der Waals surface area contributed by atoms with Crippen molar-refractivity contribution in [3.8, 4) is 0 Å². The van der Waals surface area contributed by atoms with Crippen molar-refractivity contribution in [3.05, 3.63) is 30.2 Å². The molecule has 0 aliphatic carbocycles. The summed E-state index contributed by atoms with van der Waals surface area (Å²) in [7, 11) is 0. The van der Waals surface area contributed by atoms with E-state index >= 15 is 0 Å². The number of aromatic nitrogens is 3.